The molecular formula is C12H18FNO2. The topological polar surface area (TPSA) is 52.5 Å². The first-order valence-electron chi connectivity index (χ1n) is 5.40. The molecule has 1 aromatic rings. The molecule has 0 aromatic heterocycles. The second kappa shape index (κ2) is 5.82. The predicted octanol–water partition coefficient (Wildman–Crippen LogP) is 1.95. The Kier molecular flexibility index (Phi) is 4.71. The summed E-state index contributed by atoms with van der Waals surface area (Å²) < 4.78 is 12.8. The van der Waals surface area contributed by atoms with Gasteiger partial charge in [0, 0.05) is 17.7 Å². The Morgan fingerprint density at radius 2 is 2.06 bits per heavy atom. The van der Waals surface area contributed by atoms with E-state index >= 15 is 0 Å². The average molecular weight is 227 g/mol. The molecule has 0 aliphatic rings. The van der Waals surface area contributed by atoms with Crippen LogP contribution in [0.25, 0.3) is 0 Å². The van der Waals surface area contributed by atoms with Gasteiger partial charge in [-0.2, -0.15) is 0 Å². The molecule has 3 N–H and O–H groups in total. The highest BCUT2D eigenvalue weighted by molar-refractivity contribution is 5.34. The molecule has 1 rings (SSSR count). The van der Waals surface area contributed by atoms with E-state index in [1.54, 1.807) is 13.0 Å². The molecule has 3 nitrogen and oxygen atoms in total. The van der Waals surface area contributed by atoms with Crippen molar-refractivity contribution in [2.45, 2.75) is 32.4 Å². The summed E-state index contributed by atoms with van der Waals surface area (Å²) in [5, 5.41) is 21.8. The monoisotopic (exact) mass is 227 g/mol. The molecule has 2 unspecified atom stereocenters. The van der Waals surface area contributed by atoms with Crippen LogP contribution in [0.3, 0.4) is 0 Å². The van der Waals surface area contributed by atoms with Gasteiger partial charge in [0.1, 0.15) is 11.6 Å². The van der Waals surface area contributed by atoms with Crippen molar-refractivity contribution in [3.8, 4) is 5.75 Å². The molecule has 0 saturated heterocycles. The summed E-state index contributed by atoms with van der Waals surface area (Å²) in [5.74, 6) is -0.491. The predicted molar refractivity (Wildman–Crippen MR) is 60.8 cm³/mol. The number of aliphatic hydroxyl groups excluding tert-OH is 1. The van der Waals surface area contributed by atoms with E-state index in [1.807, 2.05) is 6.92 Å². The van der Waals surface area contributed by atoms with Gasteiger partial charge in [-0.05, 0) is 32.9 Å². The van der Waals surface area contributed by atoms with Crippen molar-refractivity contribution in [3.05, 3.63) is 29.6 Å². The maximum atomic E-state index is 12.8. The van der Waals surface area contributed by atoms with Crippen LogP contribution in [-0.2, 0) is 0 Å². The van der Waals surface area contributed by atoms with Crippen LogP contribution in [0.1, 0.15) is 31.9 Å². The summed E-state index contributed by atoms with van der Waals surface area (Å²) in [6.45, 7) is 4.26. The lowest BCUT2D eigenvalue weighted by Crippen LogP contribution is -2.22. The highest BCUT2D eigenvalue weighted by Crippen LogP contribution is 2.24. The van der Waals surface area contributed by atoms with Crippen molar-refractivity contribution in [1.82, 2.24) is 5.32 Å². The Labute approximate surface area is 94.9 Å². The van der Waals surface area contributed by atoms with Gasteiger partial charge in [-0.3, -0.25) is 0 Å². The number of phenolic OH excluding ortho intramolecular Hbond substituents is 1. The molecule has 0 spiro atoms. The third-order valence-corrected chi connectivity index (χ3v) is 2.47. The van der Waals surface area contributed by atoms with Crippen molar-refractivity contribution < 1.29 is 14.6 Å². The SMILES string of the molecule is CC(O)CCNC(C)c1ccc(F)cc1O. The summed E-state index contributed by atoms with van der Waals surface area (Å²) in [6, 6.07) is 3.91. The molecule has 1 aromatic carbocycles. The van der Waals surface area contributed by atoms with Crippen LogP contribution in [0.5, 0.6) is 5.75 Å². The lowest BCUT2D eigenvalue weighted by molar-refractivity contribution is 0.182. The summed E-state index contributed by atoms with van der Waals surface area (Å²) >= 11 is 0. The van der Waals surface area contributed by atoms with Gasteiger partial charge in [-0.1, -0.05) is 6.07 Å². The van der Waals surface area contributed by atoms with Gasteiger partial charge in [0.25, 0.3) is 0 Å². The molecule has 0 amide bonds. The highest BCUT2D eigenvalue weighted by Gasteiger charge is 2.10. The Hall–Kier alpha value is -1.13. The van der Waals surface area contributed by atoms with Gasteiger partial charge < -0.3 is 15.5 Å². The fourth-order valence-electron chi connectivity index (χ4n) is 1.50. The normalized spacial score (nSPS) is 14.8. The van der Waals surface area contributed by atoms with Gasteiger partial charge in [-0.15, -0.1) is 0 Å². The van der Waals surface area contributed by atoms with Gasteiger partial charge >= 0.3 is 0 Å². The third-order valence-electron chi connectivity index (χ3n) is 2.47. The summed E-state index contributed by atoms with van der Waals surface area (Å²) in [5.41, 5.74) is 0.659. The molecule has 0 aliphatic carbocycles. The Morgan fingerprint density at radius 3 is 2.62 bits per heavy atom. The number of aromatic hydroxyl groups is 1. The Balaban J connectivity index is 2.55. The molecule has 2 atom stereocenters. The van der Waals surface area contributed by atoms with Gasteiger partial charge in [0.2, 0.25) is 0 Å². The van der Waals surface area contributed by atoms with Crippen molar-refractivity contribution in [1.29, 1.82) is 0 Å². The Morgan fingerprint density at radius 1 is 1.38 bits per heavy atom. The molecular weight excluding hydrogens is 209 g/mol. The van der Waals surface area contributed by atoms with E-state index in [-0.39, 0.29) is 17.9 Å². The van der Waals surface area contributed by atoms with Crippen molar-refractivity contribution in [2.24, 2.45) is 0 Å². The lowest BCUT2D eigenvalue weighted by Gasteiger charge is -2.16. The molecule has 16 heavy (non-hydrogen) atoms. The first-order chi connectivity index (χ1) is 7.50. The zero-order valence-corrected chi connectivity index (χ0v) is 9.57. The van der Waals surface area contributed by atoms with Crippen LogP contribution in [0, 0.1) is 5.82 Å². The van der Waals surface area contributed by atoms with Gasteiger partial charge in [-0.25, -0.2) is 4.39 Å². The van der Waals surface area contributed by atoms with E-state index in [0.717, 1.165) is 6.07 Å². The number of phenols is 1. The molecule has 4 heteroatoms. The number of rotatable bonds is 5. The maximum absolute atomic E-state index is 12.8. The molecule has 0 bridgehead atoms. The fraction of sp³-hybridized carbons (Fsp3) is 0.500. The summed E-state index contributed by atoms with van der Waals surface area (Å²) in [4.78, 5) is 0. The fourth-order valence-corrected chi connectivity index (χ4v) is 1.50. The maximum Gasteiger partial charge on any atom is 0.126 e. The van der Waals surface area contributed by atoms with Crippen LogP contribution >= 0.6 is 0 Å². The van der Waals surface area contributed by atoms with Gasteiger partial charge in [0.05, 0.1) is 6.10 Å². The summed E-state index contributed by atoms with van der Waals surface area (Å²) in [6.07, 6.45) is 0.299. The van der Waals surface area contributed by atoms with E-state index in [1.165, 1.54) is 6.07 Å². The minimum Gasteiger partial charge on any atom is -0.508 e. The van der Waals surface area contributed by atoms with Crippen molar-refractivity contribution in [2.75, 3.05) is 6.54 Å². The molecule has 0 radical (unpaired) electrons. The molecule has 0 saturated carbocycles. The van der Waals surface area contributed by atoms with E-state index < -0.39 is 5.82 Å². The number of benzene rings is 1. The molecule has 0 heterocycles. The minimum absolute atomic E-state index is 0.0444. The standard InChI is InChI=1S/C12H18FNO2/c1-8(15)5-6-14-9(2)11-4-3-10(13)7-12(11)16/h3-4,7-9,14-16H,5-6H2,1-2H3. The Bertz CT molecular complexity index is 342. The molecule has 0 fully saturated rings. The quantitative estimate of drug-likeness (QED) is 0.720. The second-order valence-electron chi connectivity index (χ2n) is 4.02. The zero-order valence-electron chi connectivity index (χ0n) is 9.57. The van der Waals surface area contributed by atoms with E-state index in [9.17, 15) is 9.50 Å². The highest BCUT2D eigenvalue weighted by atomic mass is 19.1. The largest absolute Gasteiger partial charge is 0.508 e. The molecule has 0 aliphatic heterocycles. The zero-order chi connectivity index (χ0) is 12.1. The van der Waals surface area contributed by atoms with E-state index in [4.69, 9.17) is 5.11 Å². The van der Waals surface area contributed by atoms with Crippen LogP contribution in [0.2, 0.25) is 0 Å². The smallest absolute Gasteiger partial charge is 0.126 e. The van der Waals surface area contributed by atoms with E-state index in [0.29, 0.717) is 18.5 Å². The van der Waals surface area contributed by atoms with Crippen LogP contribution in [0.4, 0.5) is 4.39 Å². The first kappa shape index (κ1) is 12.9. The van der Waals surface area contributed by atoms with Crippen LogP contribution in [0.15, 0.2) is 18.2 Å². The summed E-state index contributed by atoms with van der Waals surface area (Å²) in [7, 11) is 0. The number of hydrogen-bond acceptors (Lipinski definition) is 3. The minimum atomic E-state index is -0.447. The lowest BCUT2D eigenvalue weighted by atomic mass is 10.1. The van der Waals surface area contributed by atoms with Crippen molar-refractivity contribution in [3.63, 3.8) is 0 Å². The molecule has 90 valence electrons. The third kappa shape index (κ3) is 3.79. The number of aliphatic hydroxyl groups is 1. The van der Waals surface area contributed by atoms with E-state index in [2.05, 4.69) is 5.32 Å². The second-order valence-corrected chi connectivity index (χ2v) is 4.02. The van der Waals surface area contributed by atoms with Gasteiger partial charge in [0.15, 0.2) is 0 Å². The number of hydrogen-bond donors (Lipinski definition) is 3. The number of nitrogens with one attached hydrogen (secondary N) is 1. The van der Waals surface area contributed by atoms with Crippen molar-refractivity contribution >= 4 is 0 Å². The average Bonchev–Trinajstić information content (AvgIpc) is 2.16. The first-order valence-corrected chi connectivity index (χ1v) is 5.40. The number of halogens is 1. The van der Waals surface area contributed by atoms with Crippen LogP contribution in [-0.4, -0.2) is 22.9 Å². The van der Waals surface area contributed by atoms with Crippen LogP contribution < -0.4 is 5.32 Å².